The number of carboxylic acids is 1. The van der Waals surface area contributed by atoms with E-state index in [9.17, 15) is 18.3 Å². The summed E-state index contributed by atoms with van der Waals surface area (Å²) < 4.78 is 30.2. The minimum atomic E-state index is -3.38. The van der Waals surface area contributed by atoms with Crippen LogP contribution in [0.5, 0.6) is 5.88 Å². The van der Waals surface area contributed by atoms with Crippen LogP contribution in [0.1, 0.15) is 24.8 Å². The molecule has 0 bridgehead atoms. The third kappa shape index (κ3) is 6.10. The average Bonchev–Trinajstić information content (AvgIpc) is 3.31. The number of anilines is 2. The number of nitrogens with zero attached hydrogens (tertiary/aromatic N) is 3. The highest BCUT2D eigenvalue weighted by molar-refractivity contribution is 7.90. The predicted octanol–water partition coefficient (Wildman–Crippen LogP) is 3.39. The van der Waals surface area contributed by atoms with Crippen molar-refractivity contribution in [3.63, 3.8) is 0 Å². The maximum absolute atomic E-state index is 12.1. The molecule has 3 heterocycles. The van der Waals surface area contributed by atoms with Crippen LogP contribution in [0.2, 0.25) is 5.02 Å². The highest BCUT2D eigenvalue weighted by Gasteiger charge is 2.43. The summed E-state index contributed by atoms with van der Waals surface area (Å²) in [5.41, 5.74) is 8.26. The second-order valence-corrected chi connectivity index (χ2v) is 12.7. The van der Waals surface area contributed by atoms with Crippen LogP contribution in [0.15, 0.2) is 53.4 Å². The number of sulfone groups is 1. The molecular formula is C27H30ClN5O5S. The van der Waals surface area contributed by atoms with Gasteiger partial charge in [-0.3, -0.25) is 4.79 Å². The van der Waals surface area contributed by atoms with Gasteiger partial charge in [-0.25, -0.2) is 8.42 Å². The number of aromatic nitrogens is 2. The molecule has 1 aromatic heterocycles. The smallest absolute Gasteiger partial charge is 0.320 e. The maximum Gasteiger partial charge on any atom is 0.320 e. The Balaban J connectivity index is 1.31. The highest BCUT2D eigenvalue weighted by atomic mass is 35.5. The summed E-state index contributed by atoms with van der Waals surface area (Å²) in [6.45, 7) is 2.30. The van der Waals surface area contributed by atoms with Crippen molar-refractivity contribution in [2.24, 2.45) is 5.41 Å². The summed E-state index contributed by atoms with van der Waals surface area (Å²) in [4.78, 5) is 22.4. The van der Waals surface area contributed by atoms with E-state index in [2.05, 4.69) is 20.2 Å². The van der Waals surface area contributed by atoms with Crippen LogP contribution in [0.4, 0.5) is 11.8 Å². The number of aliphatic carboxylic acids is 1. The largest absolute Gasteiger partial charge is 0.480 e. The van der Waals surface area contributed by atoms with Crippen molar-refractivity contribution < 1.29 is 23.1 Å². The van der Waals surface area contributed by atoms with Crippen LogP contribution in [-0.4, -0.2) is 61.4 Å². The molecule has 12 heteroatoms. The standard InChI is InChI=1S/C27H30ClN5O5S/c1-39(36,37)20-4-2-3-17(11-20)21-12-19(28)6-5-18(21)15-38-24-13-23(31-26(29)32-24)33-9-7-27(8-10-33)14-22(25(34)35)30-16-27/h2-6,11-13,22,30H,7-10,14-16H2,1H3,(H,34,35)(H2,29,31,32)/t22-/m0/s1. The lowest BCUT2D eigenvalue weighted by atomic mass is 9.76. The lowest BCUT2D eigenvalue weighted by molar-refractivity contribution is -0.139. The van der Waals surface area contributed by atoms with Crippen LogP contribution >= 0.6 is 11.6 Å². The van der Waals surface area contributed by atoms with Crippen LogP contribution in [0.3, 0.4) is 0 Å². The normalized spacial score (nSPS) is 18.8. The quantitative estimate of drug-likeness (QED) is 0.385. The maximum atomic E-state index is 12.1. The second kappa shape index (κ2) is 10.6. The molecule has 3 aromatic rings. The minimum Gasteiger partial charge on any atom is -0.480 e. The lowest BCUT2D eigenvalue weighted by Gasteiger charge is -2.39. The number of nitrogen functional groups attached to an aromatic ring is 1. The van der Waals surface area contributed by atoms with Gasteiger partial charge in [-0.1, -0.05) is 29.8 Å². The zero-order chi connectivity index (χ0) is 27.8. The van der Waals surface area contributed by atoms with E-state index in [0.717, 1.165) is 37.1 Å². The van der Waals surface area contributed by atoms with E-state index in [0.29, 0.717) is 35.2 Å². The number of nitrogens with one attached hydrogen (secondary N) is 1. The molecule has 4 N–H and O–H groups in total. The van der Waals surface area contributed by atoms with Gasteiger partial charge < -0.3 is 25.8 Å². The van der Waals surface area contributed by atoms with E-state index in [1.807, 2.05) is 12.1 Å². The molecule has 0 aliphatic carbocycles. The SMILES string of the molecule is CS(=O)(=O)c1cccc(-c2cc(Cl)ccc2COc2cc(N3CCC4(CC3)CN[C@H](C(=O)O)C4)nc(N)n2)c1. The molecule has 0 amide bonds. The zero-order valence-corrected chi connectivity index (χ0v) is 23.0. The monoisotopic (exact) mass is 571 g/mol. The molecular weight excluding hydrogens is 542 g/mol. The van der Waals surface area contributed by atoms with Gasteiger partial charge in [0.25, 0.3) is 0 Å². The number of benzene rings is 2. The van der Waals surface area contributed by atoms with Crippen molar-refractivity contribution in [3.05, 3.63) is 59.1 Å². The molecule has 5 rings (SSSR count). The number of carboxylic acid groups (broad SMARTS) is 1. The molecule has 2 aliphatic heterocycles. The number of nitrogens with two attached hydrogens (primary N) is 1. The Labute approximate surface area is 232 Å². The molecule has 206 valence electrons. The van der Waals surface area contributed by atoms with Crippen molar-refractivity contribution in [1.82, 2.24) is 15.3 Å². The van der Waals surface area contributed by atoms with Crippen molar-refractivity contribution in [3.8, 4) is 17.0 Å². The van der Waals surface area contributed by atoms with E-state index in [1.165, 1.54) is 6.26 Å². The summed E-state index contributed by atoms with van der Waals surface area (Å²) in [6.07, 6.45) is 3.51. The first-order chi connectivity index (χ1) is 18.5. The molecule has 2 aliphatic rings. The van der Waals surface area contributed by atoms with Gasteiger partial charge in [0, 0.05) is 37.0 Å². The van der Waals surface area contributed by atoms with Crippen molar-refractivity contribution in [2.45, 2.75) is 36.8 Å². The fraction of sp³-hybridized carbons (Fsp3) is 0.370. The van der Waals surface area contributed by atoms with Gasteiger partial charge in [-0.05, 0) is 65.6 Å². The molecule has 10 nitrogen and oxygen atoms in total. The summed E-state index contributed by atoms with van der Waals surface area (Å²) in [6, 6.07) is 13.3. The van der Waals surface area contributed by atoms with E-state index < -0.39 is 21.8 Å². The van der Waals surface area contributed by atoms with Gasteiger partial charge in [-0.2, -0.15) is 9.97 Å². The molecule has 2 aromatic carbocycles. The van der Waals surface area contributed by atoms with E-state index in [4.69, 9.17) is 22.1 Å². The Morgan fingerprint density at radius 3 is 2.67 bits per heavy atom. The fourth-order valence-electron chi connectivity index (χ4n) is 5.34. The van der Waals surface area contributed by atoms with E-state index >= 15 is 0 Å². The number of hydrogen-bond donors (Lipinski definition) is 3. The lowest BCUT2D eigenvalue weighted by Crippen LogP contribution is -2.41. The summed E-state index contributed by atoms with van der Waals surface area (Å²) in [7, 11) is -3.38. The molecule has 0 radical (unpaired) electrons. The fourth-order valence-corrected chi connectivity index (χ4v) is 6.18. The predicted molar refractivity (Wildman–Crippen MR) is 149 cm³/mol. The second-order valence-electron chi connectivity index (χ2n) is 10.3. The van der Waals surface area contributed by atoms with Gasteiger partial charge >= 0.3 is 5.97 Å². The third-order valence-corrected chi connectivity index (χ3v) is 8.88. The number of halogens is 1. The Hall–Kier alpha value is -3.41. The van der Waals surface area contributed by atoms with Crippen molar-refractivity contribution in [1.29, 1.82) is 0 Å². The first-order valence-electron chi connectivity index (χ1n) is 12.6. The van der Waals surface area contributed by atoms with Crippen LogP contribution in [0.25, 0.3) is 11.1 Å². The Morgan fingerprint density at radius 1 is 1.21 bits per heavy atom. The molecule has 2 saturated heterocycles. The number of piperidine rings is 1. The van der Waals surface area contributed by atoms with Crippen molar-refractivity contribution in [2.75, 3.05) is 36.5 Å². The first kappa shape index (κ1) is 27.2. The molecule has 39 heavy (non-hydrogen) atoms. The number of ether oxygens (including phenoxy) is 1. The summed E-state index contributed by atoms with van der Waals surface area (Å²) in [5, 5.41) is 13.0. The molecule has 2 fully saturated rings. The van der Waals surface area contributed by atoms with Crippen LogP contribution in [0, 0.1) is 5.41 Å². The van der Waals surface area contributed by atoms with Crippen LogP contribution < -0.4 is 20.7 Å². The molecule has 1 spiro atoms. The van der Waals surface area contributed by atoms with Gasteiger partial charge in [-0.15, -0.1) is 0 Å². The highest BCUT2D eigenvalue weighted by Crippen LogP contribution is 2.40. The van der Waals surface area contributed by atoms with E-state index in [-0.39, 0.29) is 22.9 Å². The van der Waals surface area contributed by atoms with Gasteiger partial charge in [0.2, 0.25) is 11.8 Å². The Bertz CT molecular complexity index is 1510. The third-order valence-electron chi connectivity index (χ3n) is 7.53. The molecule has 0 unspecified atom stereocenters. The summed E-state index contributed by atoms with van der Waals surface area (Å²) in [5.74, 6) is 0.266. The summed E-state index contributed by atoms with van der Waals surface area (Å²) >= 11 is 6.27. The van der Waals surface area contributed by atoms with Crippen molar-refractivity contribution >= 4 is 39.2 Å². The Kier molecular flexibility index (Phi) is 7.41. The molecule has 0 saturated carbocycles. The zero-order valence-electron chi connectivity index (χ0n) is 21.4. The minimum absolute atomic E-state index is 0.0170. The number of carbonyl (C=O) groups is 1. The van der Waals surface area contributed by atoms with E-state index in [1.54, 1.807) is 36.4 Å². The average molecular weight is 572 g/mol. The van der Waals surface area contributed by atoms with Gasteiger partial charge in [0.05, 0.1) is 4.90 Å². The van der Waals surface area contributed by atoms with Gasteiger partial charge in [0.15, 0.2) is 9.84 Å². The molecule has 1 atom stereocenters. The van der Waals surface area contributed by atoms with Gasteiger partial charge in [0.1, 0.15) is 18.5 Å². The topological polar surface area (TPSA) is 148 Å². The number of rotatable bonds is 7. The first-order valence-corrected chi connectivity index (χ1v) is 14.9. The Morgan fingerprint density at radius 2 is 1.97 bits per heavy atom. The number of hydrogen-bond acceptors (Lipinski definition) is 9. The van der Waals surface area contributed by atoms with Crippen LogP contribution in [-0.2, 0) is 21.2 Å².